The standard InChI is InChI=1S/C18H23NO3/c1-3-13(2)17(18(20)21)19-11-12-22-16-10-6-8-14-7-4-5-9-15(14)16/h4-10,13,17,19H,3,11-12H2,1-2H3,(H,20,21)/t13-,17-/m0/s1. The van der Waals surface area contributed by atoms with Crippen LogP contribution in [0.2, 0.25) is 0 Å². The zero-order chi connectivity index (χ0) is 15.9. The number of ether oxygens (including phenoxy) is 1. The van der Waals surface area contributed by atoms with Crippen LogP contribution in [0.5, 0.6) is 5.75 Å². The molecule has 2 atom stereocenters. The Balaban J connectivity index is 1.91. The summed E-state index contributed by atoms with van der Waals surface area (Å²) in [5.41, 5.74) is 0. The summed E-state index contributed by atoms with van der Waals surface area (Å²) in [4.78, 5) is 11.2. The van der Waals surface area contributed by atoms with E-state index in [1.165, 1.54) is 0 Å². The summed E-state index contributed by atoms with van der Waals surface area (Å²) < 4.78 is 5.81. The van der Waals surface area contributed by atoms with Crippen LogP contribution in [0.1, 0.15) is 20.3 Å². The highest BCUT2D eigenvalue weighted by Gasteiger charge is 2.22. The SMILES string of the molecule is CC[C@H](C)[C@H](NCCOc1cccc2ccccc12)C(=O)O. The maximum atomic E-state index is 11.2. The van der Waals surface area contributed by atoms with Crippen LogP contribution in [0.4, 0.5) is 0 Å². The van der Waals surface area contributed by atoms with Crippen molar-refractivity contribution >= 4 is 16.7 Å². The number of nitrogens with one attached hydrogen (secondary N) is 1. The highest BCUT2D eigenvalue weighted by Crippen LogP contribution is 2.24. The summed E-state index contributed by atoms with van der Waals surface area (Å²) in [7, 11) is 0. The molecule has 2 rings (SSSR count). The van der Waals surface area contributed by atoms with Crippen LogP contribution in [-0.4, -0.2) is 30.3 Å². The van der Waals surface area contributed by atoms with Crippen molar-refractivity contribution in [2.75, 3.05) is 13.2 Å². The number of rotatable bonds is 8. The fourth-order valence-corrected chi connectivity index (χ4v) is 2.46. The Labute approximate surface area is 131 Å². The van der Waals surface area contributed by atoms with E-state index >= 15 is 0 Å². The predicted octanol–water partition coefficient (Wildman–Crippen LogP) is 3.31. The Morgan fingerprint density at radius 1 is 1.23 bits per heavy atom. The molecule has 0 aliphatic carbocycles. The smallest absolute Gasteiger partial charge is 0.320 e. The molecule has 0 saturated carbocycles. The first kappa shape index (κ1) is 16.3. The fourth-order valence-electron chi connectivity index (χ4n) is 2.46. The Bertz CT molecular complexity index is 621. The van der Waals surface area contributed by atoms with Crippen molar-refractivity contribution in [2.45, 2.75) is 26.3 Å². The van der Waals surface area contributed by atoms with Crippen molar-refractivity contribution in [1.29, 1.82) is 0 Å². The van der Waals surface area contributed by atoms with E-state index in [1.54, 1.807) is 0 Å². The van der Waals surface area contributed by atoms with Gasteiger partial charge in [0.15, 0.2) is 0 Å². The zero-order valence-electron chi connectivity index (χ0n) is 13.1. The van der Waals surface area contributed by atoms with Crippen molar-refractivity contribution < 1.29 is 14.6 Å². The fraction of sp³-hybridized carbons (Fsp3) is 0.389. The van der Waals surface area contributed by atoms with Gasteiger partial charge in [-0.05, 0) is 17.4 Å². The minimum atomic E-state index is -0.806. The normalized spacial score (nSPS) is 13.7. The van der Waals surface area contributed by atoms with Gasteiger partial charge in [-0.25, -0.2) is 0 Å². The van der Waals surface area contributed by atoms with Gasteiger partial charge in [0.2, 0.25) is 0 Å². The lowest BCUT2D eigenvalue weighted by Crippen LogP contribution is -2.43. The third kappa shape index (κ3) is 3.98. The molecule has 4 nitrogen and oxygen atoms in total. The Morgan fingerprint density at radius 2 is 1.95 bits per heavy atom. The molecule has 0 spiro atoms. The van der Waals surface area contributed by atoms with Gasteiger partial charge in [-0.15, -0.1) is 0 Å². The van der Waals surface area contributed by atoms with E-state index < -0.39 is 12.0 Å². The van der Waals surface area contributed by atoms with E-state index in [2.05, 4.69) is 5.32 Å². The van der Waals surface area contributed by atoms with Crippen LogP contribution in [0.15, 0.2) is 42.5 Å². The molecule has 2 aromatic carbocycles. The molecule has 0 aliphatic rings. The molecule has 0 radical (unpaired) electrons. The summed E-state index contributed by atoms with van der Waals surface area (Å²) in [6.07, 6.45) is 0.828. The average Bonchev–Trinajstić information content (AvgIpc) is 2.54. The van der Waals surface area contributed by atoms with Crippen molar-refractivity contribution in [3.05, 3.63) is 42.5 Å². The van der Waals surface area contributed by atoms with Gasteiger partial charge in [-0.3, -0.25) is 4.79 Å². The maximum absolute atomic E-state index is 11.2. The average molecular weight is 301 g/mol. The first-order valence-electron chi connectivity index (χ1n) is 7.70. The van der Waals surface area contributed by atoms with Gasteiger partial charge >= 0.3 is 5.97 Å². The summed E-state index contributed by atoms with van der Waals surface area (Å²) in [5.74, 6) is 0.116. The van der Waals surface area contributed by atoms with E-state index in [0.717, 1.165) is 22.9 Å². The monoisotopic (exact) mass is 301 g/mol. The number of hydrogen-bond donors (Lipinski definition) is 2. The van der Waals surface area contributed by atoms with Crippen LogP contribution < -0.4 is 10.1 Å². The van der Waals surface area contributed by atoms with Gasteiger partial charge in [0.25, 0.3) is 0 Å². The van der Waals surface area contributed by atoms with Crippen molar-refractivity contribution in [3.8, 4) is 5.75 Å². The van der Waals surface area contributed by atoms with Crippen molar-refractivity contribution in [1.82, 2.24) is 5.32 Å². The van der Waals surface area contributed by atoms with Crippen LogP contribution in [0.25, 0.3) is 10.8 Å². The summed E-state index contributed by atoms with van der Waals surface area (Å²) in [6, 6.07) is 13.5. The number of fused-ring (bicyclic) bond motifs is 1. The Hall–Kier alpha value is -2.07. The first-order chi connectivity index (χ1) is 10.6. The van der Waals surface area contributed by atoms with E-state index in [-0.39, 0.29) is 5.92 Å². The van der Waals surface area contributed by atoms with Crippen molar-refractivity contribution in [3.63, 3.8) is 0 Å². The molecule has 0 aromatic heterocycles. The number of carbonyl (C=O) groups is 1. The number of benzene rings is 2. The topological polar surface area (TPSA) is 58.6 Å². The molecule has 2 aromatic rings. The highest BCUT2D eigenvalue weighted by molar-refractivity contribution is 5.88. The third-order valence-corrected chi connectivity index (χ3v) is 3.95. The van der Waals surface area contributed by atoms with Gasteiger partial charge in [-0.2, -0.15) is 0 Å². The van der Waals surface area contributed by atoms with Gasteiger partial charge < -0.3 is 15.2 Å². The van der Waals surface area contributed by atoms with Gasteiger partial charge in [0.05, 0.1) is 0 Å². The summed E-state index contributed by atoms with van der Waals surface area (Å²) in [6.45, 7) is 4.88. The molecule has 22 heavy (non-hydrogen) atoms. The lowest BCUT2D eigenvalue weighted by atomic mass is 9.99. The molecule has 0 bridgehead atoms. The van der Waals surface area contributed by atoms with Crippen LogP contribution in [0.3, 0.4) is 0 Å². The maximum Gasteiger partial charge on any atom is 0.320 e. The molecular weight excluding hydrogens is 278 g/mol. The molecule has 0 unspecified atom stereocenters. The number of carboxylic acids is 1. The zero-order valence-corrected chi connectivity index (χ0v) is 13.1. The molecule has 4 heteroatoms. The van der Waals surface area contributed by atoms with E-state index in [9.17, 15) is 9.90 Å². The predicted molar refractivity (Wildman–Crippen MR) is 88.3 cm³/mol. The second-order valence-electron chi connectivity index (χ2n) is 5.48. The molecule has 0 aliphatic heterocycles. The van der Waals surface area contributed by atoms with E-state index in [0.29, 0.717) is 13.2 Å². The molecule has 0 heterocycles. The van der Waals surface area contributed by atoms with Crippen LogP contribution in [0, 0.1) is 5.92 Å². The largest absolute Gasteiger partial charge is 0.492 e. The van der Waals surface area contributed by atoms with E-state index in [1.807, 2.05) is 56.3 Å². The van der Waals surface area contributed by atoms with Gasteiger partial charge in [-0.1, -0.05) is 56.7 Å². The van der Waals surface area contributed by atoms with Crippen molar-refractivity contribution in [2.24, 2.45) is 5.92 Å². The third-order valence-electron chi connectivity index (χ3n) is 3.95. The highest BCUT2D eigenvalue weighted by atomic mass is 16.5. The summed E-state index contributed by atoms with van der Waals surface area (Å²) >= 11 is 0. The lowest BCUT2D eigenvalue weighted by Gasteiger charge is -2.20. The number of hydrogen-bond acceptors (Lipinski definition) is 3. The van der Waals surface area contributed by atoms with Gasteiger partial charge in [0, 0.05) is 11.9 Å². The molecule has 118 valence electrons. The second kappa shape index (κ2) is 7.80. The molecule has 2 N–H and O–H groups in total. The van der Waals surface area contributed by atoms with Gasteiger partial charge in [0.1, 0.15) is 18.4 Å². The Morgan fingerprint density at radius 3 is 2.68 bits per heavy atom. The molecule has 0 saturated heterocycles. The number of aliphatic carboxylic acids is 1. The van der Waals surface area contributed by atoms with Crippen LogP contribution >= 0.6 is 0 Å². The lowest BCUT2D eigenvalue weighted by molar-refractivity contribution is -0.140. The number of carboxylic acid groups (broad SMARTS) is 1. The molecular formula is C18H23NO3. The molecule has 0 fully saturated rings. The molecule has 0 amide bonds. The summed E-state index contributed by atoms with van der Waals surface area (Å²) in [5, 5.41) is 14.5. The van der Waals surface area contributed by atoms with Crippen LogP contribution in [-0.2, 0) is 4.79 Å². The Kier molecular flexibility index (Phi) is 5.78. The second-order valence-corrected chi connectivity index (χ2v) is 5.48. The minimum Gasteiger partial charge on any atom is -0.492 e. The van der Waals surface area contributed by atoms with E-state index in [4.69, 9.17) is 4.74 Å². The minimum absolute atomic E-state index is 0.0926. The quantitative estimate of drug-likeness (QED) is 0.734. The first-order valence-corrected chi connectivity index (χ1v) is 7.70.